The Balaban J connectivity index is 1.48. The van der Waals surface area contributed by atoms with Crippen molar-refractivity contribution in [1.82, 2.24) is 9.62 Å². The zero-order chi connectivity index (χ0) is 29.5. The summed E-state index contributed by atoms with van der Waals surface area (Å²) in [5, 5.41) is 1.33. The minimum atomic E-state index is -4.53. The van der Waals surface area contributed by atoms with Gasteiger partial charge in [-0.1, -0.05) is 54.0 Å². The minimum absolute atomic E-state index is 0.118. The van der Waals surface area contributed by atoms with Crippen LogP contribution in [0.25, 0.3) is 10.8 Å². The molecule has 220 valence electrons. The maximum Gasteiger partial charge on any atom is 0.298 e. The van der Waals surface area contributed by atoms with Gasteiger partial charge in [-0.2, -0.15) is 13.5 Å². The molecule has 5 rings (SSSR count). The average molecular weight is 651 g/mol. The van der Waals surface area contributed by atoms with E-state index in [0.29, 0.717) is 53.8 Å². The Hall–Kier alpha value is -2.60. The fraction of sp³-hybridized carbons (Fsp3) is 0.433. The van der Waals surface area contributed by atoms with Gasteiger partial charge < -0.3 is 15.4 Å². The third kappa shape index (κ3) is 6.28. The van der Waals surface area contributed by atoms with Crippen molar-refractivity contribution >= 4 is 42.6 Å². The van der Waals surface area contributed by atoms with Crippen LogP contribution in [0.2, 0.25) is 0 Å². The number of benzene rings is 3. The van der Waals surface area contributed by atoms with Crippen LogP contribution in [0, 0.1) is 5.92 Å². The molecule has 2 fully saturated rings. The van der Waals surface area contributed by atoms with E-state index in [4.69, 9.17) is 10.5 Å². The minimum Gasteiger partial charge on any atom is -0.493 e. The molecule has 0 radical (unpaired) electrons. The summed E-state index contributed by atoms with van der Waals surface area (Å²) in [4.78, 5) is 15.1. The molecule has 41 heavy (non-hydrogen) atoms. The van der Waals surface area contributed by atoms with Gasteiger partial charge in [0.1, 0.15) is 5.75 Å². The van der Waals surface area contributed by atoms with E-state index in [2.05, 4.69) is 20.7 Å². The van der Waals surface area contributed by atoms with E-state index in [1.54, 1.807) is 24.3 Å². The first-order chi connectivity index (χ1) is 19.3. The number of amides is 1. The smallest absolute Gasteiger partial charge is 0.298 e. The lowest BCUT2D eigenvalue weighted by Gasteiger charge is -2.41. The average Bonchev–Trinajstić information content (AvgIpc) is 3.20. The summed E-state index contributed by atoms with van der Waals surface area (Å²) in [6.07, 6.45) is 2.31. The van der Waals surface area contributed by atoms with Crippen LogP contribution in [-0.2, 0) is 20.7 Å². The van der Waals surface area contributed by atoms with Crippen molar-refractivity contribution < 1.29 is 26.7 Å². The molecule has 11 heteroatoms. The van der Waals surface area contributed by atoms with Crippen LogP contribution in [-0.4, -0.2) is 50.0 Å². The summed E-state index contributed by atoms with van der Waals surface area (Å²) in [6, 6.07) is 11.8. The molecule has 7 nitrogen and oxygen atoms in total. The second-order valence-electron chi connectivity index (χ2n) is 11.4. The first-order valence-electron chi connectivity index (χ1n) is 13.8. The summed E-state index contributed by atoms with van der Waals surface area (Å²) in [5.74, 6) is -3.78. The summed E-state index contributed by atoms with van der Waals surface area (Å²) < 4.78 is 68.0. The highest BCUT2D eigenvalue weighted by atomic mass is 79.9. The van der Waals surface area contributed by atoms with E-state index >= 15 is 8.78 Å². The number of piperidine rings is 1. The molecule has 2 heterocycles. The van der Waals surface area contributed by atoms with Crippen molar-refractivity contribution in [2.45, 2.75) is 74.5 Å². The quantitative estimate of drug-likeness (QED) is 0.316. The van der Waals surface area contributed by atoms with E-state index in [-0.39, 0.29) is 23.0 Å². The maximum atomic E-state index is 16.2. The van der Waals surface area contributed by atoms with Crippen LogP contribution in [0.15, 0.2) is 70.0 Å². The molecule has 3 aromatic carbocycles. The van der Waals surface area contributed by atoms with Crippen molar-refractivity contribution in [3.63, 3.8) is 0 Å². The number of nitrogens with one attached hydrogen (secondary N) is 1. The van der Waals surface area contributed by atoms with Gasteiger partial charge in [-0.25, -0.2) is 8.42 Å². The standard InChI is InChI=1S/C30H34BrF2N3O4S/c1-18(2)17-40-26-11-3-20-14-27(12-4-19(20)13-26)41(38,39)35-28(30(32,33)21-5-7-22(31)8-6-21)29(37)36-24-9-10-25(36)16-23(34)15-24/h3-8,11-14,18,23-25,28,35H,9-10,15-17,34H2,1-2H3/t23?,24?,25?,28-/m0/s1. The molecule has 3 aromatic rings. The van der Waals surface area contributed by atoms with Crippen molar-refractivity contribution in [1.29, 1.82) is 0 Å². The molecule has 2 unspecified atom stereocenters. The van der Waals surface area contributed by atoms with Gasteiger partial charge in [0.05, 0.1) is 11.5 Å². The maximum absolute atomic E-state index is 16.2. The molecule has 2 aliphatic rings. The first-order valence-corrected chi connectivity index (χ1v) is 16.0. The molecule has 0 aromatic heterocycles. The molecule has 0 aliphatic carbocycles. The lowest BCUT2D eigenvalue weighted by atomic mass is 9.95. The lowest BCUT2D eigenvalue weighted by Crippen LogP contribution is -2.60. The second kappa shape index (κ2) is 11.6. The van der Waals surface area contributed by atoms with Gasteiger partial charge >= 0.3 is 0 Å². The van der Waals surface area contributed by atoms with Crippen molar-refractivity contribution in [3.05, 3.63) is 70.7 Å². The number of halogens is 3. The van der Waals surface area contributed by atoms with Gasteiger partial charge in [0.25, 0.3) is 5.92 Å². The third-order valence-corrected chi connectivity index (χ3v) is 9.76. The Morgan fingerprint density at radius 1 is 1.05 bits per heavy atom. The number of hydrogen-bond donors (Lipinski definition) is 2. The molecule has 0 saturated carbocycles. The van der Waals surface area contributed by atoms with Crippen LogP contribution in [0.4, 0.5) is 8.78 Å². The van der Waals surface area contributed by atoms with Crippen molar-refractivity contribution in [2.75, 3.05) is 6.61 Å². The summed E-state index contributed by atoms with van der Waals surface area (Å²) in [6.45, 7) is 4.61. The molecular formula is C30H34BrF2N3O4S. The number of sulfonamides is 1. The van der Waals surface area contributed by atoms with E-state index in [9.17, 15) is 13.2 Å². The Morgan fingerprint density at radius 2 is 1.66 bits per heavy atom. The fourth-order valence-electron chi connectivity index (χ4n) is 5.79. The number of rotatable bonds is 9. The van der Waals surface area contributed by atoms with E-state index in [1.807, 2.05) is 13.8 Å². The molecule has 3 N–H and O–H groups in total. The number of carbonyl (C=O) groups is 1. The highest BCUT2D eigenvalue weighted by molar-refractivity contribution is 9.10. The van der Waals surface area contributed by atoms with Crippen LogP contribution >= 0.6 is 15.9 Å². The third-order valence-electron chi connectivity index (χ3n) is 7.81. The van der Waals surface area contributed by atoms with Gasteiger partial charge in [-0.3, -0.25) is 4.79 Å². The van der Waals surface area contributed by atoms with E-state index in [1.165, 1.54) is 41.3 Å². The summed E-state index contributed by atoms with van der Waals surface area (Å²) in [5.41, 5.74) is 5.67. The topological polar surface area (TPSA) is 102 Å². The van der Waals surface area contributed by atoms with Gasteiger partial charge in [0.2, 0.25) is 15.9 Å². The Kier molecular flexibility index (Phi) is 8.44. The van der Waals surface area contributed by atoms with Crippen LogP contribution in [0.1, 0.15) is 45.1 Å². The molecule has 0 spiro atoms. The molecule has 1 amide bonds. The number of alkyl halides is 2. The van der Waals surface area contributed by atoms with Gasteiger partial charge in [0, 0.05) is 28.2 Å². The van der Waals surface area contributed by atoms with Gasteiger partial charge in [0.15, 0.2) is 6.04 Å². The van der Waals surface area contributed by atoms with Crippen molar-refractivity contribution in [3.8, 4) is 5.75 Å². The number of nitrogens with zero attached hydrogens (tertiary/aromatic N) is 1. The van der Waals surface area contributed by atoms with E-state index in [0.717, 1.165) is 5.39 Å². The normalized spacial score (nSPS) is 21.8. The Bertz CT molecular complexity index is 1520. The molecule has 2 aliphatic heterocycles. The number of fused-ring (bicyclic) bond motifs is 3. The molecule has 2 bridgehead atoms. The van der Waals surface area contributed by atoms with E-state index < -0.39 is 33.5 Å². The summed E-state index contributed by atoms with van der Waals surface area (Å²) >= 11 is 3.24. The monoisotopic (exact) mass is 649 g/mol. The van der Waals surface area contributed by atoms with Crippen molar-refractivity contribution in [2.24, 2.45) is 11.7 Å². The highest BCUT2D eigenvalue weighted by Gasteiger charge is 2.53. The molecule has 3 atom stereocenters. The summed E-state index contributed by atoms with van der Waals surface area (Å²) in [7, 11) is -4.53. The number of ether oxygens (including phenoxy) is 1. The SMILES string of the molecule is CC(C)COc1ccc2cc(S(=O)(=O)N[C@@H](C(=O)N3C4CCC3CC(N)C4)C(F)(F)c3ccc(Br)cc3)ccc2c1. The predicted octanol–water partition coefficient (Wildman–Crippen LogP) is 5.56. The Morgan fingerprint density at radius 3 is 2.29 bits per heavy atom. The van der Waals surface area contributed by atoms with Gasteiger partial charge in [-0.15, -0.1) is 0 Å². The highest BCUT2D eigenvalue weighted by Crippen LogP contribution is 2.40. The predicted molar refractivity (Wildman–Crippen MR) is 157 cm³/mol. The van der Waals surface area contributed by atoms with Crippen LogP contribution in [0.5, 0.6) is 5.75 Å². The first kappa shape index (κ1) is 29.9. The second-order valence-corrected chi connectivity index (χ2v) is 14.1. The fourth-order valence-corrected chi connectivity index (χ4v) is 7.28. The Labute approximate surface area is 247 Å². The lowest BCUT2D eigenvalue weighted by molar-refractivity contribution is -0.149. The zero-order valence-corrected chi connectivity index (χ0v) is 25.3. The van der Waals surface area contributed by atoms with Gasteiger partial charge in [-0.05, 0) is 78.8 Å². The number of carbonyl (C=O) groups excluding carboxylic acids is 1. The zero-order valence-electron chi connectivity index (χ0n) is 22.9. The number of nitrogens with two attached hydrogens (primary N) is 1. The van der Waals surface area contributed by atoms with Crippen LogP contribution in [0.3, 0.4) is 0 Å². The number of hydrogen-bond acceptors (Lipinski definition) is 5. The molecule has 2 saturated heterocycles. The molecular weight excluding hydrogens is 616 g/mol. The largest absolute Gasteiger partial charge is 0.493 e. The van der Waals surface area contributed by atoms with Crippen LogP contribution < -0.4 is 15.2 Å².